The fraction of sp³-hybridized carbons (Fsp3) is 0.118. The van der Waals surface area contributed by atoms with Gasteiger partial charge >= 0.3 is 5.97 Å². The number of aromatic nitrogens is 2. The number of carbonyl (C=O) groups is 1. The zero-order valence-electron chi connectivity index (χ0n) is 12.5. The summed E-state index contributed by atoms with van der Waals surface area (Å²) in [4.78, 5) is 28.9. The number of nitrogens with zero attached hydrogens (tertiary/aromatic N) is 2. The van der Waals surface area contributed by atoms with Crippen LogP contribution in [0.4, 0.5) is 0 Å². The van der Waals surface area contributed by atoms with E-state index in [-0.39, 0.29) is 18.5 Å². The average Bonchev–Trinajstić information content (AvgIpc) is 2.97. The van der Waals surface area contributed by atoms with Crippen LogP contribution in [0.25, 0.3) is 23.1 Å². The first-order chi connectivity index (χ1) is 11.5. The minimum Gasteiger partial charge on any atom is -0.481 e. The fourth-order valence-electron chi connectivity index (χ4n) is 2.31. The van der Waals surface area contributed by atoms with Gasteiger partial charge in [-0.1, -0.05) is 23.7 Å². The molecule has 1 N–H and O–H groups in total. The summed E-state index contributed by atoms with van der Waals surface area (Å²) in [6.45, 7) is 0.0663. The molecule has 0 amide bonds. The maximum atomic E-state index is 12.7. The number of fused-ring (bicyclic) bond motifs is 1. The number of thiophene rings is 1. The Balaban J connectivity index is 2.09. The first-order valence-corrected chi connectivity index (χ1v) is 8.39. The largest absolute Gasteiger partial charge is 0.481 e. The van der Waals surface area contributed by atoms with Gasteiger partial charge in [0.05, 0.1) is 21.7 Å². The molecule has 2 aromatic heterocycles. The van der Waals surface area contributed by atoms with Gasteiger partial charge in [-0.15, -0.1) is 11.3 Å². The lowest BCUT2D eigenvalue weighted by atomic mass is 10.2. The van der Waals surface area contributed by atoms with Crippen molar-refractivity contribution in [1.82, 2.24) is 9.55 Å². The average molecular weight is 361 g/mol. The monoisotopic (exact) mass is 360 g/mol. The molecule has 122 valence electrons. The zero-order valence-corrected chi connectivity index (χ0v) is 14.0. The molecule has 0 saturated heterocycles. The Labute approximate surface area is 146 Å². The summed E-state index contributed by atoms with van der Waals surface area (Å²) >= 11 is 7.32. The van der Waals surface area contributed by atoms with Gasteiger partial charge in [0.25, 0.3) is 5.56 Å². The van der Waals surface area contributed by atoms with Crippen molar-refractivity contribution >= 4 is 52.0 Å². The van der Waals surface area contributed by atoms with Crippen LogP contribution in [-0.4, -0.2) is 20.6 Å². The van der Waals surface area contributed by atoms with E-state index >= 15 is 0 Å². The highest BCUT2D eigenvalue weighted by molar-refractivity contribution is 7.17. The van der Waals surface area contributed by atoms with Gasteiger partial charge in [0.2, 0.25) is 0 Å². The molecule has 0 radical (unpaired) electrons. The number of carboxylic acids is 1. The van der Waals surface area contributed by atoms with Crippen LogP contribution in [0.15, 0.2) is 41.2 Å². The molecule has 0 aliphatic rings. The van der Waals surface area contributed by atoms with E-state index in [1.165, 1.54) is 15.9 Å². The first kappa shape index (κ1) is 16.4. The van der Waals surface area contributed by atoms with Crippen LogP contribution < -0.4 is 5.56 Å². The Morgan fingerprint density at radius 1 is 1.25 bits per heavy atom. The second-order valence-corrected chi connectivity index (χ2v) is 6.81. The summed E-state index contributed by atoms with van der Waals surface area (Å²) in [5.74, 6) is -0.542. The Bertz CT molecular complexity index is 991. The lowest BCUT2D eigenvalue weighted by Gasteiger charge is -2.10. The van der Waals surface area contributed by atoms with Crippen molar-refractivity contribution in [1.29, 1.82) is 0 Å². The van der Waals surface area contributed by atoms with E-state index < -0.39 is 5.97 Å². The minimum absolute atomic E-state index is 0.0663. The summed E-state index contributed by atoms with van der Waals surface area (Å²) < 4.78 is 2.06. The SMILES string of the molecule is O=C(O)CCn1c(C=Cc2ccc(Cl)s2)nc2ccccc2c1=O. The van der Waals surface area contributed by atoms with Gasteiger partial charge in [0.1, 0.15) is 5.82 Å². The lowest BCUT2D eigenvalue weighted by Crippen LogP contribution is -2.25. The van der Waals surface area contributed by atoms with Gasteiger partial charge in [-0.3, -0.25) is 14.2 Å². The highest BCUT2D eigenvalue weighted by Crippen LogP contribution is 2.23. The van der Waals surface area contributed by atoms with Gasteiger partial charge in [0, 0.05) is 11.4 Å². The third kappa shape index (κ3) is 3.55. The maximum Gasteiger partial charge on any atom is 0.305 e. The number of rotatable bonds is 5. The summed E-state index contributed by atoms with van der Waals surface area (Å²) in [7, 11) is 0. The molecule has 0 saturated carbocycles. The maximum absolute atomic E-state index is 12.7. The Morgan fingerprint density at radius 3 is 2.75 bits per heavy atom. The Kier molecular flexibility index (Phi) is 4.78. The van der Waals surface area contributed by atoms with Crippen molar-refractivity contribution in [2.24, 2.45) is 0 Å². The van der Waals surface area contributed by atoms with Gasteiger partial charge in [-0.05, 0) is 36.4 Å². The molecule has 0 spiro atoms. The summed E-state index contributed by atoms with van der Waals surface area (Å²) in [5.41, 5.74) is 0.337. The lowest BCUT2D eigenvalue weighted by molar-refractivity contribution is -0.137. The second kappa shape index (κ2) is 6.98. The number of hydrogen-bond donors (Lipinski definition) is 1. The molecule has 2 heterocycles. The van der Waals surface area contributed by atoms with E-state index in [9.17, 15) is 9.59 Å². The van der Waals surface area contributed by atoms with E-state index in [0.29, 0.717) is 21.1 Å². The molecule has 0 atom stereocenters. The predicted molar refractivity (Wildman–Crippen MR) is 96.5 cm³/mol. The van der Waals surface area contributed by atoms with Crippen molar-refractivity contribution in [3.8, 4) is 0 Å². The second-order valence-electron chi connectivity index (χ2n) is 5.06. The van der Waals surface area contributed by atoms with Crippen molar-refractivity contribution in [2.75, 3.05) is 0 Å². The highest BCUT2D eigenvalue weighted by atomic mass is 35.5. The number of hydrogen-bond acceptors (Lipinski definition) is 4. The fourth-order valence-corrected chi connectivity index (χ4v) is 3.27. The summed E-state index contributed by atoms with van der Waals surface area (Å²) in [6, 6.07) is 10.7. The van der Waals surface area contributed by atoms with E-state index in [1.54, 1.807) is 30.3 Å². The molecule has 3 aromatic rings. The number of carboxylic acid groups (broad SMARTS) is 1. The van der Waals surface area contributed by atoms with Gasteiger partial charge in [-0.2, -0.15) is 0 Å². The molecule has 7 heteroatoms. The molecule has 0 aliphatic carbocycles. The molecule has 0 bridgehead atoms. The zero-order chi connectivity index (χ0) is 17.1. The number of aliphatic carboxylic acids is 1. The van der Waals surface area contributed by atoms with Crippen LogP contribution in [0.1, 0.15) is 17.1 Å². The molecular formula is C17H13ClN2O3S. The molecular weight excluding hydrogens is 348 g/mol. The van der Waals surface area contributed by atoms with E-state index in [2.05, 4.69) is 4.98 Å². The standard InChI is InChI=1S/C17H13ClN2O3S/c18-14-7-5-11(24-14)6-8-15-19-13-4-2-1-3-12(13)17(23)20(15)10-9-16(21)22/h1-8H,9-10H2,(H,21,22). The molecule has 3 rings (SSSR count). The van der Waals surface area contributed by atoms with Crippen molar-refractivity contribution < 1.29 is 9.90 Å². The van der Waals surface area contributed by atoms with E-state index in [4.69, 9.17) is 16.7 Å². The summed E-state index contributed by atoms with van der Waals surface area (Å²) in [6.07, 6.45) is 3.37. The van der Waals surface area contributed by atoms with Crippen molar-refractivity contribution in [2.45, 2.75) is 13.0 Å². The van der Waals surface area contributed by atoms with Gasteiger partial charge < -0.3 is 5.11 Å². The first-order valence-electron chi connectivity index (χ1n) is 7.19. The van der Waals surface area contributed by atoms with Crippen LogP contribution in [-0.2, 0) is 11.3 Å². The van der Waals surface area contributed by atoms with Crippen LogP contribution >= 0.6 is 22.9 Å². The molecule has 5 nitrogen and oxygen atoms in total. The van der Waals surface area contributed by atoms with Crippen LogP contribution in [0.5, 0.6) is 0 Å². The van der Waals surface area contributed by atoms with Gasteiger partial charge in [-0.25, -0.2) is 4.98 Å². The third-order valence-corrected chi connectivity index (χ3v) is 4.63. The van der Waals surface area contributed by atoms with Crippen LogP contribution in [0.2, 0.25) is 4.34 Å². The molecule has 0 fully saturated rings. The molecule has 0 aliphatic heterocycles. The van der Waals surface area contributed by atoms with Crippen LogP contribution in [0.3, 0.4) is 0 Å². The minimum atomic E-state index is -0.963. The summed E-state index contributed by atoms with van der Waals surface area (Å²) in [5, 5.41) is 9.39. The normalized spacial score (nSPS) is 11.4. The third-order valence-electron chi connectivity index (χ3n) is 3.43. The van der Waals surface area contributed by atoms with E-state index in [0.717, 1.165) is 4.88 Å². The molecule has 1 aromatic carbocycles. The Hall–Kier alpha value is -2.44. The van der Waals surface area contributed by atoms with Crippen LogP contribution in [0, 0.1) is 0 Å². The van der Waals surface area contributed by atoms with Gasteiger partial charge in [0.15, 0.2) is 0 Å². The molecule has 24 heavy (non-hydrogen) atoms. The van der Waals surface area contributed by atoms with E-state index in [1.807, 2.05) is 18.2 Å². The molecule has 0 unspecified atom stereocenters. The smallest absolute Gasteiger partial charge is 0.305 e. The van der Waals surface area contributed by atoms with Crippen molar-refractivity contribution in [3.63, 3.8) is 0 Å². The Morgan fingerprint density at radius 2 is 2.04 bits per heavy atom. The number of para-hydroxylation sites is 1. The number of benzene rings is 1. The predicted octanol–water partition coefficient (Wildman–Crippen LogP) is 3.76. The van der Waals surface area contributed by atoms with Crippen molar-refractivity contribution in [3.05, 3.63) is 61.8 Å². The highest BCUT2D eigenvalue weighted by Gasteiger charge is 2.10. The topological polar surface area (TPSA) is 72.2 Å². The number of halogens is 1. The quantitative estimate of drug-likeness (QED) is 0.752.